The highest BCUT2D eigenvalue weighted by Crippen LogP contribution is 2.02. The molecule has 116 valence electrons. The number of rotatable bonds is 8. The molecule has 6 heteroatoms. The zero-order valence-electron chi connectivity index (χ0n) is 12.3. The van der Waals surface area contributed by atoms with E-state index in [9.17, 15) is 9.59 Å². The van der Waals surface area contributed by atoms with Crippen LogP contribution in [0.4, 0.5) is 9.59 Å². The van der Waals surface area contributed by atoms with Gasteiger partial charge in [0.05, 0.1) is 0 Å². The van der Waals surface area contributed by atoms with Gasteiger partial charge in [-0.3, -0.25) is 0 Å². The monoisotopic (exact) mass is 293 g/mol. The van der Waals surface area contributed by atoms with Gasteiger partial charge in [-0.15, -0.1) is 0 Å². The van der Waals surface area contributed by atoms with Crippen molar-refractivity contribution in [3.63, 3.8) is 0 Å². The number of amides is 3. The van der Waals surface area contributed by atoms with Crippen molar-refractivity contribution in [2.75, 3.05) is 6.54 Å². The summed E-state index contributed by atoms with van der Waals surface area (Å²) in [6, 6.07) is 8.67. The SMILES string of the molecule is CCCCC(CNC(=O)OCc1ccccc1)NC(N)=O. The minimum atomic E-state index is -0.587. The molecule has 0 aliphatic carbocycles. The smallest absolute Gasteiger partial charge is 0.407 e. The molecule has 0 heterocycles. The molecule has 1 unspecified atom stereocenters. The minimum Gasteiger partial charge on any atom is -0.445 e. The van der Waals surface area contributed by atoms with Crippen molar-refractivity contribution in [1.82, 2.24) is 10.6 Å². The fourth-order valence-electron chi connectivity index (χ4n) is 1.86. The lowest BCUT2D eigenvalue weighted by Crippen LogP contribution is -2.45. The molecule has 0 aromatic heterocycles. The Morgan fingerprint density at radius 3 is 2.62 bits per heavy atom. The van der Waals surface area contributed by atoms with E-state index in [-0.39, 0.29) is 12.6 Å². The predicted octanol–water partition coefficient (Wildman–Crippen LogP) is 2.14. The van der Waals surface area contributed by atoms with Crippen LogP contribution in [0.3, 0.4) is 0 Å². The Balaban J connectivity index is 2.29. The number of carbonyl (C=O) groups is 2. The molecule has 6 nitrogen and oxygen atoms in total. The first-order valence-electron chi connectivity index (χ1n) is 7.12. The predicted molar refractivity (Wildman–Crippen MR) is 80.7 cm³/mol. The fourth-order valence-corrected chi connectivity index (χ4v) is 1.86. The quantitative estimate of drug-likeness (QED) is 0.685. The normalized spacial score (nSPS) is 11.5. The second-order valence-corrected chi connectivity index (χ2v) is 4.79. The minimum absolute atomic E-state index is 0.174. The van der Waals surface area contributed by atoms with Gasteiger partial charge in [0.2, 0.25) is 0 Å². The van der Waals surface area contributed by atoms with Crippen LogP contribution >= 0.6 is 0 Å². The molecule has 0 aliphatic rings. The van der Waals surface area contributed by atoms with E-state index in [4.69, 9.17) is 10.5 Å². The lowest BCUT2D eigenvalue weighted by Gasteiger charge is -2.17. The summed E-state index contributed by atoms with van der Waals surface area (Å²) >= 11 is 0. The summed E-state index contributed by atoms with van der Waals surface area (Å²) in [5.41, 5.74) is 6.03. The van der Waals surface area contributed by atoms with Crippen LogP contribution < -0.4 is 16.4 Å². The highest BCUT2D eigenvalue weighted by Gasteiger charge is 2.12. The van der Waals surface area contributed by atoms with E-state index < -0.39 is 12.1 Å². The number of alkyl carbamates (subject to hydrolysis) is 1. The number of ether oxygens (including phenoxy) is 1. The van der Waals surface area contributed by atoms with Crippen molar-refractivity contribution in [2.45, 2.75) is 38.8 Å². The van der Waals surface area contributed by atoms with Gasteiger partial charge in [0.1, 0.15) is 6.61 Å². The number of nitrogens with two attached hydrogens (primary N) is 1. The number of urea groups is 1. The van der Waals surface area contributed by atoms with E-state index in [0.29, 0.717) is 6.54 Å². The summed E-state index contributed by atoms with van der Waals surface area (Å²) in [6.45, 7) is 2.58. The van der Waals surface area contributed by atoms with Crippen LogP contribution in [0.1, 0.15) is 31.7 Å². The van der Waals surface area contributed by atoms with Gasteiger partial charge in [-0.05, 0) is 12.0 Å². The summed E-state index contributed by atoms with van der Waals surface area (Å²) < 4.78 is 5.09. The first-order chi connectivity index (χ1) is 10.1. The molecular weight excluding hydrogens is 270 g/mol. The van der Waals surface area contributed by atoms with Crippen LogP contribution in [0.5, 0.6) is 0 Å². The Morgan fingerprint density at radius 1 is 1.29 bits per heavy atom. The molecular formula is C15H23N3O3. The van der Waals surface area contributed by atoms with Crippen molar-refractivity contribution < 1.29 is 14.3 Å². The number of carbonyl (C=O) groups excluding carboxylic acids is 2. The average molecular weight is 293 g/mol. The highest BCUT2D eigenvalue weighted by atomic mass is 16.5. The van der Waals surface area contributed by atoms with E-state index in [1.54, 1.807) is 0 Å². The summed E-state index contributed by atoms with van der Waals surface area (Å²) in [5.74, 6) is 0. The number of unbranched alkanes of at least 4 members (excludes halogenated alkanes) is 1. The Kier molecular flexibility index (Phi) is 7.71. The van der Waals surface area contributed by atoms with Crippen LogP contribution in [0, 0.1) is 0 Å². The highest BCUT2D eigenvalue weighted by molar-refractivity contribution is 5.72. The van der Waals surface area contributed by atoms with Gasteiger partial charge in [-0.2, -0.15) is 0 Å². The third-order valence-corrected chi connectivity index (χ3v) is 2.96. The van der Waals surface area contributed by atoms with E-state index >= 15 is 0 Å². The lowest BCUT2D eigenvalue weighted by atomic mass is 10.1. The Bertz CT molecular complexity index is 437. The summed E-state index contributed by atoms with van der Waals surface area (Å²) in [7, 11) is 0. The zero-order valence-corrected chi connectivity index (χ0v) is 12.3. The molecule has 1 aromatic rings. The van der Waals surface area contributed by atoms with Crippen molar-refractivity contribution >= 4 is 12.1 Å². The van der Waals surface area contributed by atoms with Gasteiger partial charge in [-0.1, -0.05) is 50.1 Å². The summed E-state index contributed by atoms with van der Waals surface area (Å²) in [6.07, 6.45) is 2.21. The number of hydrogen-bond donors (Lipinski definition) is 3. The third-order valence-electron chi connectivity index (χ3n) is 2.96. The second kappa shape index (κ2) is 9.63. The fraction of sp³-hybridized carbons (Fsp3) is 0.467. The molecule has 21 heavy (non-hydrogen) atoms. The molecule has 0 spiro atoms. The largest absolute Gasteiger partial charge is 0.445 e. The van der Waals surface area contributed by atoms with Crippen LogP contribution in [0.15, 0.2) is 30.3 Å². The molecule has 4 N–H and O–H groups in total. The van der Waals surface area contributed by atoms with Crippen molar-refractivity contribution in [1.29, 1.82) is 0 Å². The van der Waals surface area contributed by atoms with Crippen molar-refractivity contribution in [2.24, 2.45) is 5.73 Å². The molecule has 0 saturated carbocycles. The van der Waals surface area contributed by atoms with Crippen LogP contribution in [-0.4, -0.2) is 24.7 Å². The Hall–Kier alpha value is -2.24. The maximum Gasteiger partial charge on any atom is 0.407 e. The van der Waals surface area contributed by atoms with Gasteiger partial charge in [0, 0.05) is 12.6 Å². The van der Waals surface area contributed by atoms with Gasteiger partial charge >= 0.3 is 12.1 Å². The molecule has 1 aromatic carbocycles. The van der Waals surface area contributed by atoms with E-state index in [0.717, 1.165) is 24.8 Å². The Morgan fingerprint density at radius 2 is 2.00 bits per heavy atom. The van der Waals surface area contributed by atoms with E-state index in [1.807, 2.05) is 30.3 Å². The molecule has 0 saturated heterocycles. The van der Waals surface area contributed by atoms with Crippen LogP contribution in [0.2, 0.25) is 0 Å². The number of primary amides is 1. The molecule has 0 radical (unpaired) electrons. The van der Waals surface area contributed by atoms with Gasteiger partial charge < -0.3 is 21.1 Å². The third kappa shape index (κ3) is 7.81. The summed E-state index contributed by atoms with van der Waals surface area (Å²) in [4.78, 5) is 22.5. The van der Waals surface area contributed by atoms with Gasteiger partial charge in [0.25, 0.3) is 0 Å². The molecule has 3 amide bonds. The van der Waals surface area contributed by atoms with Gasteiger partial charge in [-0.25, -0.2) is 9.59 Å². The molecule has 1 atom stereocenters. The maximum absolute atomic E-state index is 11.6. The topological polar surface area (TPSA) is 93.4 Å². The first-order valence-corrected chi connectivity index (χ1v) is 7.12. The van der Waals surface area contributed by atoms with Crippen molar-refractivity contribution in [3.05, 3.63) is 35.9 Å². The van der Waals surface area contributed by atoms with Gasteiger partial charge in [0.15, 0.2) is 0 Å². The molecule has 0 aliphatic heterocycles. The number of nitrogens with one attached hydrogen (secondary N) is 2. The van der Waals surface area contributed by atoms with Crippen molar-refractivity contribution in [3.8, 4) is 0 Å². The van der Waals surface area contributed by atoms with E-state index in [2.05, 4.69) is 17.6 Å². The van der Waals surface area contributed by atoms with E-state index in [1.165, 1.54) is 0 Å². The molecule has 0 bridgehead atoms. The molecule has 0 fully saturated rings. The van der Waals surface area contributed by atoms with Crippen LogP contribution in [0.25, 0.3) is 0 Å². The number of hydrogen-bond acceptors (Lipinski definition) is 3. The summed E-state index contributed by atoms with van der Waals surface area (Å²) in [5, 5.41) is 5.25. The average Bonchev–Trinajstić information content (AvgIpc) is 2.48. The lowest BCUT2D eigenvalue weighted by molar-refractivity contribution is 0.138. The maximum atomic E-state index is 11.6. The standard InChI is InChI=1S/C15H23N3O3/c1-2-3-9-13(18-14(16)19)10-17-15(20)21-11-12-7-5-4-6-8-12/h4-8,13H,2-3,9-11H2,1H3,(H,17,20)(H3,16,18,19). The van der Waals surface area contributed by atoms with Crippen LogP contribution in [-0.2, 0) is 11.3 Å². The zero-order chi connectivity index (χ0) is 15.5. The second-order valence-electron chi connectivity index (χ2n) is 4.79. The molecule has 1 rings (SSSR count). The first kappa shape index (κ1) is 16.8. The number of benzene rings is 1. The Labute approximate surface area is 125 Å².